The summed E-state index contributed by atoms with van der Waals surface area (Å²) in [6.45, 7) is 3.06. The van der Waals surface area contributed by atoms with Crippen LogP contribution in [0.3, 0.4) is 0 Å². The van der Waals surface area contributed by atoms with Gasteiger partial charge in [0.15, 0.2) is 5.78 Å². The van der Waals surface area contributed by atoms with Crippen molar-refractivity contribution in [3.8, 4) is 0 Å². The van der Waals surface area contributed by atoms with Gasteiger partial charge in [-0.3, -0.25) is 14.9 Å². The van der Waals surface area contributed by atoms with E-state index in [2.05, 4.69) is 0 Å². The average Bonchev–Trinajstić information content (AvgIpc) is 2.27. The van der Waals surface area contributed by atoms with Gasteiger partial charge in [0.25, 0.3) is 5.69 Å². The highest BCUT2D eigenvalue weighted by Gasteiger charge is 2.18. The number of nitro benzene ring substituents is 1. The number of Topliss-reactive ketones (excluding diaryl/α,β-unsaturated/α-hetero) is 2. The molecule has 0 aromatic heterocycles. The van der Waals surface area contributed by atoms with Crippen molar-refractivity contribution in [3.63, 3.8) is 0 Å². The number of carbonyl (C=O) groups is 2. The zero-order valence-electron chi connectivity index (χ0n) is 9.67. The molecule has 0 saturated carbocycles. The lowest BCUT2D eigenvalue weighted by molar-refractivity contribution is -0.384. The minimum Gasteiger partial charge on any atom is -0.300 e. The lowest BCUT2D eigenvalue weighted by Gasteiger charge is -2.07. The van der Waals surface area contributed by atoms with Crippen LogP contribution in [0, 0.1) is 16.0 Å². The van der Waals surface area contributed by atoms with E-state index in [1.54, 1.807) is 6.92 Å². The van der Waals surface area contributed by atoms with E-state index in [1.807, 2.05) is 0 Å². The fraction of sp³-hybridized carbons (Fsp3) is 0.333. The summed E-state index contributed by atoms with van der Waals surface area (Å²) in [5.41, 5.74) is 0.152. The molecule has 0 spiro atoms. The molecule has 0 aliphatic heterocycles. The number of benzene rings is 1. The zero-order chi connectivity index (χ0) is 13.0. The van der Waals surface area contributed by atoms with Crippen LogP contribution >= 0.6 is 0 Å². The first kappa shape index (κ1) is 13.0. The van der Waals surface area contributed by atoms with Crippen molar-refractivity contribution in [3.05, 3.63) is 39.9 Å². The van der Waals surface area contributed by atoms with Gasteiger partial charge in [-0.25, -0.2) is 0 Å². The predicted octanol–water partition coefficient (Wildman–Crippen LogP) is 2.39. The molecule has 0 aliphatic rings. The van der Waals surface area contributed by atoms with Crippen molar-refractivity contribution in [1.29, 1.82) is 0 Å². The molecule has 1 aromatic carbocycles. The summed E-state index contributed by atoms with van der Waals surface area (Å²) in [4.78, 5) is 32.8. The van der Waals surface area contributed by atoms with Gasteiger partial charge < -0.3 is 4.79 Å². The first-order valence-electron chi connectivity index (χ1n) is 5.20. The molecule has 0 fully saturated rings. The zero-order valence-corrected chi connectivity index (χ0v) is 9.67. The Balaban J connectivity index is 2.92. The van der Waals surface area contributed by atoms with E-state index < -0.39 is 10.8 Å². The number of hydrogen-bond donors (Lipinski definition) is 0. The molecule has 1 unspecified atom stereocenters. The SMILES string of the molecule is CC(=O)CC(C)C(=O)c1cccc([N+](=O)[O-])c1. The molecule has 0 bridgehead atoms. The van der Waals surface area contributed by atoms with E-state index in [4.69, 9.17) is 0 Å². The number of non-ortho nitro benzene ring substituents is 1. The molecule has 0 amide bonds. The molecular weight excluding hydrogens is 222 g/mol. The Labute approximate surface area is 98.6 Å². The molecule has 0 radical (unpaired) electrons. The maximum absolute atomic E-state index is 11.9. The van der Waals surface area contributed by atoms with E-state index >= 15 is 0 Å². The van der Waals surface area contributed by atoms with Crippen molar-refractivity contribution in [1.82, 2.24) is 0 Å². The second kappa shape index (κ2) is 5.34. The first-order chi connectivity index (χ1) is 7.91. The minimum absolute atomic E-state index is 0.0729. The third-order valence-corrected chi connectivity index (χ3v) is 2.38. The van der Waals surface area contributed by atoms with Gasteiger partial charge in [0.1, 0.15) is 5.78 Å². The second-order valence-electron chi connectivity index (χ2n) is 3.98. The summed E-state index contributed by atoms with van der Waals surface area (Å²) < 4.78 is 0. The Morgan fingerprint density at radius 3 is 2.59 bits per heavy atom. The van der Waals surface area contributed by atoms with Crippen molar-refractivity contribution in [2.75, 3.05) is 0 Å². The molecule has 5 nitrogen and oxygen atoms in total. The molecule has 1 rings (SSSR count). The Hall–Kier alpha value is -2.04. The molecule has 1 atom stereocenters. The molecule has 0 aliphatic carbocycles. The summed E-state index contributed by atoms with van der Waals surface area (Å²) in [5, 5.41) is 10.6. The van der Waals surface area contributed by atoms with Gasteiger partial charge in [0, 0.05) is 30.0 Å². The summed E-state index contributed by atoms with van der Waals surface area (Å²) in [6, 6.07) is 5.54. The molecule has 0 N–H and O–H groups in total. The van der Waals surface area contributed by atoms with Crippen LogP contribution in [0.25, 0.3) is 0 Å². The van der Waals surface area contributed by atoms with Gasteiger partial charge in [-0.05, 0) is 6.92 Å². The van der Waals surface area contributed by atoms with E-state index in [9.17, 15) is 19.7 Å². The summed E-state index contributed by atoms with van der Waals surface area (Å²) in [7, 11) is 0. The molecule has 1 aromatic rings. The van der Waals surface area contributed by atoms with Crippen LogP contribution in [0.15, 0.2) is 24.3 Å². The van der Waals surface area contributed by atoms with Gasteiger partial charge in [0.05, 0.1) is 4.92 Å². The van der Waals surface area contributed by atoms with Crippen LogP contribution in [0.4, 0.5) is 5.69 Å². The number of rotatable bonds is 5. The highest BCUT2D eigenvalue weighted by Crippen LogP contribution is 2.17. The van der Waals surface area contributed by atoms with Gasteiger partial charge in [0.2, 0.25) is 0 Å². The number of ketones is 2. The molecule has 17 heavy (non-hydrogen) atoms. The van der Waals surface area contributed by atoms with Crippen LogP contribution < -0.4 is 0 Å². The standard InChI is InChI=1S/C12H13NO4/c1-8(6-9(2)14)12(15)10-4-3-5-11(7-10)13(16)17/h3-5,7-8H,6H2,1-2H3. The molecule has 5 heteroatoms. The Morgan fingerprint density at radius 1 is 1.41 bits per heavy atom. The third-order valence-electron chi connectivity index (χ3n) is 2.38. The van der Waals surface area contributed by atoms with Gasteiger partial charge in [-0.1, -0.05) is 19.1 Å². The Bertz CT molecular complexity index is 467. The lowest BCUT2D eigenvalue weighted by Crippen LogP contribution is -2.14. The summed E-state index contributed by atoms with van der Waals surface area (Å²) in [6.07, 6.45) is 0.154. The third kappa shape index (κ3) is 3.48. The number of hydrogen-bond acceptors (Lipinski definition) is 4. The van der Waals surface area contributed by atoms with Crippen LogP contribution in [-0.4, -0.2) is 16.5 Å². The van der Waals surface area contributed by atoms with Crippen molar-refractivity contribution in [2.45, 2.75) is 20.3 Å². The molecule has 0 saturated heterocycles. The Kier molecular flexibility index (Phi) is 4.09. The fourth-order valence-corrected chi connectivity index (χ4v) is 1.58. The predicted molar refractivity (Wildman–Crippen MR) is 61.9 cm³/mol. The molecule has 90 valence electrons. The largest absolute Gasteiger partial charge is 0.300 e. The highest BCUT2D eigenvalue weighted by molar-refractivity contribution is 6.00. The molecule has 0 heterocycles. The quantitative estimate of drug-likeness (QED) is 0.446. The van der Waals surface area contributed by atoms with Crippen LogP contribution in [-0.2, 0) is 4.79 Å². The smallest absolute Gasteiger partial charge is 0.270 e. The molecular formula is C12H13NO4. The fourth-order valence-electron chi connectivity index (χ4n) is 1.58. The maximum Gasteiger partial charge on any atom is 0.270 e. The van der Waals surface area contributed by atoms with E-state index in [1.165, 1.54) is 31.2 Å². The second-order valence-corrected chi connectivity index (χ2v) is 3.98. The minimum atomic E-state index is -0.549. The first-order valence-corrected chi connectivity index (χ1v) is 5.20. The topological polar surface area (TPSA) is 77.3 Å². The lowest BCUT2D eigenvalue weighted by atomic mass is 9.95. The van der Waals surface area contributed by atoms with Crippen LogP contribution in [0.2, 0.25) is 0 Å². The number of nitrogens with zero attached hydrogens (tertiary/aromatic N) is 1. The summed E-state index contributed by atoms with van der Waals surface area (Å²) >= 11 is 0. The maximum atomic E-state index is 11.9. The normalized spacial score (nSPS) is 11.9. The number of carbonyl (C=O) groups excluding carboxylic acids is 2. The summed E-state index contributed by atoms with van der Waals surface area (Å²) in [5.74, 6) is -0.769. The van der Waals surface area contributed by atoms with Crippen molar-refractivity contribution >= 4 is 17.3 Å². The van der Waals surface area contributed by atoms with Gasteiger partial charge in [-0.2, -0.15) is 0 Å². The Morgan fingerprint density at radius 2 is 2.06 bits per heavy atom. The van der Waals surface area contributed by atoms with E-state index in [-0.39, 0.29) is 29.2 Å². The average molecular weight is 235 g/mol. The monoisotopic (exact) mass is 235 g/mol. The van der Waals surface area contributed by atoms with Crippen LogP contribution in [0.5, 0.6) is 0 Å². The highest BCUT2D eigenvalue weighted by atomic mass is 16.6. The van der Waals surface area contributed by atoms with E-state index in [0.29, 0.717) is 0 Å². The van der Waals surface area contributed by atoms with Crippen molar-refractivity contribution in [2.24, 2.45) is 5.92 Å². The van der Waals surface area contributed by atoms with E-state index in [0.717, 1.165) is 0 Å². The van der Waals surface area contributed by atoms with Crippen molar-refractivity contribution < 1.29 is 14.5 Å². The van der Waals surface area contributed by atoms with Gasteiger partial charge >= 0.3 is 0 Å². The van der Waals surface area contributed by atoms with Crippen LogP contribution in [0.1, 0.15) is 30.6 Å². The van der Waals surface area contributed by atoms with Gasteiger partial charge in [-0.15, -0.1) is 0 Å². The number of nitro groups is 1.